The van der Waals surface area contributed by atoms with Crippen LogP contribution in [0.3, 0.4) is 0 Å². The van der Waals surface area contributed by atoms with Crippen molar-refractivity contribution in [1.82, 2.24) is 19.5 Å². The number of benzene rings is 1. The van der Waals surface area contributed by atoms with Crippen molar-refractivity contribution in [2.75, 3.05) is 13.2 Å². The number of ether oxygens (including phenoxy) is 1. The molecule has 0 aliphatic heterocycles. The summed E-state index contributed by atoms with van der Waals surface area (Å²) in [5.41, 5.74) is 1.20. The highest BCUT2D eigenvalue weighted by Crippen LogP contribution is 2.27. The molecule has 0 amide bonds. The fourth-order valence-electron chi connectivity index (χ4n) is 2.92. The van der Waals surface area contributed by atoms with Crippen molar-refractivity contribution in [3.63, 3.8) is 0 Å². The Morgan fingerprint density at radius 2 is 1.87 bits per heavy atom. The van der Waals surface area contributed by atoms with Gasteiger partial charge < -0.3 is 4.74 Å². The predicted octanol–water partition coefficient (Wildman–Crippen LogP) is 3.14. The summed E-state index contributed by atoms with van der Waals surface area (Å²) >= 11 is 1.50. The van der Waals surface area contributed by atoms with E-state index in [1.54, 1.807) is 18.2 Å². The molecule has 0 spiro atoms. The maximum atomic E-state index is 12.5. The Morgan fingerprint density at radius 3 is 2.52 bits per heavy atom. The van der Waals surface area contributed by atoms with Gasteiger partial charge in [0.25, 0.3) is 5.56 Å². The molecule has 0 bridgehead atoms. The quantitative estimate of drug-likeness (QED) is 0.464. The molecule has 0 atom stereocenters. The molecule has 8 nitrogen and oxygen atoms in total. The first-order chi connectivity index (χ1) is 14.8. The molecule has 0 unspecified atom stereocenters. The van der Waals surface area contributed by atoms with Gasteiger partial charge in [0, 0.05) is 12.6 Å². The Morgan fingerprint density at radius 1 is 1.13 bits per heavy atom. The van der Waals surface area contributed by atoms with Crippen molar-refractivity contribution in [2.24, 2.45) is 0 Å². The molecule has 0 fully saturated rings. The van der Waals surface area contributed by atoms with Crippen molar-refractivity contribution < 1.29 is 13.2 Å². The Hall–Kier alpha value is -2.56. The van der Waals surface area contributed by atoms with E-state index in [0.29, 0.717) is 18.1 Å². The number of sulfonamides is 1. The Bertz CT molecular complexity index is 1180. The first-order valence-electron chi connectivity index (χ1n) is 10.1. The number of hydrogen-bond acceptors (Lipinski definition) is 7. The lowest BCUT2D eigenvalue weighted by Crippen LogP contribution is -2.32. The number of nitrogens with zero attached hydrogens (tertiary/aromatic N) is 3. The van der Waals surface area contributed by atoms with Crippen LogP contribution in [0.2, 0.25) is 0 Å². The fraction of sp³-hybridized carbons (Fsp3) is 0.381. The van der Waals surface area contributed by atoms with Gasteiger partial charge in [-0.1, -0.05) is 13.3 Å². The van der Waals surface area contributed by atoms with E-state index in [0.717, 1.165) is 28.4 Å². The highest BCUT2D eigenvalue weighted by molar-refractivity contribution is 7.89. The molecule has 0 saturated carbocycles. The maximum absolute atomic E-state index is 12.5. The van der Waals surface area contributed by atoms with Gasteiger partial charge in [-0.25, -0.2) is 22.8 Å². The van der Waals surface area contributed by atoms with Crippen LogP contribution in [0.4, 0.5) is 0 Å². The molecule has 0 aliphatic rings. The molecule has 31 heavy (non-hydrogen) atoms. The lowest BCUT2D eigenvalue weighted by atomic mass is 10.3. The summed E-state index contributed by atoms with van der Waals surface area (Å²) in [6.07, 6.45) is 1.97. The smallest absolute Gasteiger partial charge is 0.266 e. The van der Waals surface area contributed by atoms with E-state index in [1.807, 2.05) is 13.8 Å². The van der Waals surface area contributed by atoms with E-state index in [-0.39, 0.29) is 23.5 Å². The number of aryl methyl sites for hydroxylation is 2. The number of rotatable bonds is 10. The average molecular weight is 463 g/mol. The van der Waals surface area contributed by atoms with E-state index < -0.39 is 10.0 Å². The van der Waals surface area contributed by atoms with Crippen molar-refractivity contribution in [3.05, 3.63) is 57.5 Å². The van der Waals surface area contributed by atoms with Crippen LogP contribution in [-0.4, -0.2) is 36.3 Å². The molecule has 1 N–H and O–H groups in total. The summed E-state index contributed by atoms with van der Waals surface area (Å²) in [4.78, 5) is 17.6. The second kappa shape index (κ2) is 10.2. The first kappa shape index (κ1) is 23.1. The first-order valence-corrected chi connectivity index (χ1v) is 12.3. The van der Waals surface area contributed by atoms with Gasteiger partial charge in [-0.2, -0.15) is 5.10 Å². The summed E-state index contributed by atoms with van der Waals surface area (Å²) in [7, 11) is -3.71. The van der Waals surface area contributed by atoms with Gasteiger partial charge in [-0.05, 0) is 50.6 Å². The third-order valence-corrected chi connectivity index (χ3v) is 7.09. The molecule has 0 saturated heterocycles. The minimum Gasteiger partial charge on any atom is -0.494 e. The zero-order valence-electron chi connectivity index (χ0n) is 17.8. The molecule has 2 aromatic heterocycles. The second-order valence-corrected chi connectivity index (χ2v) is 9.97. The number of thiazole rings is 1. The van der Waals surface area contributed by atoms with Crippen LogP contribution in [0, 0.1) is 13.8 Å². The summed E-state index contributed by atoms with van der Waals surface area (Å²) in [5, 5.41) is 5.30. The zero-order valence-corrected chi connectivity index (χ0v) is 19.4. The van der Waals surface area contributed by atoms with Crippen molar-refractivity contribution in [2.45, 2.75) is 45.1 Å². The molecule has 0 radical (unpaired) electrons. The average Bonchev–Trinajstić information content (AvgIpc) is 3.08. The lowest BCUT2D eigenvalue weighted by Gasteiger charge is -2.10. The summed E-state index contributed by atoms with van der Waals surface area (Å²) in [6.45, 7) is 6.63. The molecule has 3 rings (SSSR count). The summed E-state index contributed by atoms with van der Waals surface area (Å²) < 4.78 is 34.4. The van der Waals surface area contributed by atoms with Crippen LogP contribution >= 0.6 is 11.3 Å². The van der Waals surface area contributed by atoms with Crippen molar-refractivity contribution in [1.29, 1.82) is 0 Å². The monoisotopic (exact) mass is 462 g/mol. The zero-order chi connectivity index (χ0) is 22.4. The van der Waals surface area contributed by atoms with Crippen LogP contribution in [0.15, 0.2) is 46.1 Å². The Kier molecular flexibility index (Phi) is 7.58. The molecule has 166 valence electrons. The van der Waals surface area contributed by atoms with Gasteiger partial charge in [0.05, 0.1) is 33.6 Å². The molecule has 0 aliphatic carbocycles. The molecule has 2 heterocycles. The maximum Gasteiger partial charge on any atom is 0.266 e. The topological polar surface area (TPSA) is 103 Å². The minimum absolute atomic E-state index is 0.0359. The van der Waals surface area contributed by atoms with Crippen LogP contribution in [0.25, 0.3) is 10.6 Å². The Labute approximate surface area is 186 Å². The molecular weight excluding hydrogens is 436 g/mol. The predicted molar refractivity (Wildman–Crippen MR) is 121 cm³/mol. The second-order valence-electron chi connectivity index (χ2n) is 7.00. The summed E-state index contributed by atoms with van der Waals surface area (Å²) in [5.74, 6) is 0.633. The van der Waals surface area contributed by atoms with Gasteiger partial charge in [-0.3, -0.25) is 4.79 Å². The van der Waals surface area contributed by atoms with Gasteiger partial charge >= 0.3 is 0 Å². The normalized spacial score (nSPS) is 11.6. The van der Waals surface area contributed by atoms with E-state index in [4.69, 9.17) is 4.74 Å². The van der Waals surface area contributed by atoms with Crippen LogP contribution in [0.5, 0.6) is 5.75 Å². The standard InChI is InChI=1S/C21H26N4O4S2/c1-4-5-14-29-17-6-8-18(9-7-17)31(27,28)22-12-13-25-20(26)11-10-19(24-25)21-15(2)23-16(3)30-21/h6-11,22H,4-5,12-14H2,1-3H3. The number of nitrogens with one attached hydrogen (secondary N) is 1. The van der Waals surface area contributed by atoms with Crippen LogP contribution in [0.1, 0.15) is 30.5 Å². The third-order valence-electron chi connectivity index (χ3n) is 4.52. The lowest BCUT2D eigenvalue weighted by molar-refractivity contribution is 0.309. The summed E-state index contributed by atoms with van der Waals surface area (Å²) in [6, 6.07) is 9.38. The van der Waals surface area contributed by atoms with E-state index in [1.165, 1.54) is 34.2 Å². The van der Waals surface area contributed by atoms with E-state index in [2.05, 4.69) is 21.7 Å². The van der Waals surface area contributed by atoms with Crippen LogP contribution < -0.4 is 15.0 Å². The molecular formula is C21H26N4O4S2. The number of aromatic nitrogens is 3. The highest BCUT2D eigenvalue weighted by Gasteiger charge is 2.15. The van der Waals surface area contributed by atoms with Crippen LogP contribution in [-0.2, 0) is 16.6 Å². The fourth-order valence-corrected chi connectivity index (χ4v) is 4.82. The van der Waals surface area contributed by atoms with E-state index in [9.17, 15) is 13.2 Å². The van der Waals surface area contributed by atoms with Crippen molar-refractivity contribution in [3.8, 4) is 16.3 Å². The minimum atomic E-state index is -3.71. The third kappa shape index (κ3) is 5.99. The van der Waals surface area contributed by atoms with E-state index >= 15 is 0 Å². The number of unbranched alkanes of at least 4 members (excludes halogenated alkanes) is 1. The SMILES string of the molecule is CCCCOc1ccc(S(=O)(=O)NCCn2nc(-c3sc(C)nc3C)ccc2=O)cc1. The van der Waals surface area contributed by atoms with Gasteiger partial charge in [-0.15, -0.1) is 11.3 Å². The van der Waals surface area contributed by atoms with Gasteiger partial charge in [0.2, 0.25) is 10.0 Å². The molecule has 3 aromatic rings. The van der Waals surface area contributed by atoms with Crippen molar-refractivity contribution >= 4 is 21.4 Å². The van der Waals surface area contributed by atoms with Gasteiger partial charge in [0.15, 0.2) is 0 Å². The Balaban J connectivity index is 1.64. The van der Waals surface area contributed by atoms with Gasteiger partial charge in [0.1, 0.15) is 11.4 Å². The largest absolute Gasteiger partial charge is 0.494 e. The molecule has 10 heteroatoms. The number of hydrogen-bond donors (Lipinski definition) is 1. The highest BCUT2D eigenvalue weighted by atomic mass is 32.2. The molecule has 1 aromatic carbocycles.